The van der Waals surface area contributed by atoms with Crippen LogP contribution in [0.5, 0.6) is 0 Å². The number of nitrogens with zero attached hydrogens (tertiary/aromatic N) is 2. The molecule has 192 valence electrons. The van der Waals surface area contributed by atoms with Crippen LogP contribution in [0.25, 0.3) is 5.57 Å². The third kappa shape index (κ3) is 10.2. The predicted octanol–water partition coefficient (Wildman–Crippen LogP) is 7.53. The van der Waals surface area contributed by atoms with Gasteiger partial charge in [0.05, 0.1) is 6.54 Å². The maximum absolute atomic E-state index is 5.36. The van der Waals surface area contributed by atoms with E-state index in [-0.39, 0.29) is 0 Å². The van der Waals surface area contributed by atoms with Crippen LogP contribution in [0.1, 0.15) is 37.8 Å². The lowest BCUT2D eigenvalue weighted by molar-refractivity contribution is 0.351. The first-order chi connectivity index (χ1) is 17.8. The lowest BCUT2D eigenvalue weighted by atomic mass is 10.1. The second-order valence-corrected chi connectivity index (χ2v) is 9.02. The van der Waals surface area contributed by atoms with Gasteiger partial charge in [0, 0.05) is 30.7 Å². The monoisotopic (exact) mass is 491 g/mol. The zero-order valence-electron chi connectivity index (χ0n) is 22.7. The Bertz CT molecular complexity index is 1160. The molecule has 0 aliphatic carbocycles. The summed E-state index contributed by atoms with van der Waals surface area (Å²) in [5.41, 5.74) is 6.34. The van der Waals surface area contributed by atoms with E-state index < -0.39 is 0 Å². The summed E-state index contributed by atoms with van der Waals surface area (Å²) < 4.78 is 0. The van der Waals surface area contributed by atoms with Gasteiger partial charge in [-0.05, 0) is 61.1 Å². The standard InChI is InChI=1S/C34H41N3/c1-8-10-13-18-30(5)36(7)34(26-28(3)33-21-16-12-17-22-33)35-29(4)27-37(25-9-2)31(6)23-24-32-19-14-11-15-20-32/h1,10-22,26,35H,3-4,6,9,23-25,27H2,2,5,7H3/b13-10-,30-18+,34-26-. The molecule has 0 amide bonds. The Labute approximate surface area is 224 Å². The molecule has 0 aliphatic rings. The van der Waals surface area contributed by atoms with Crippen LogP contribution >= 0.6 is 0 Å². The fourth-order valence-corrected chi connectivity index (χ4v) is 3.82. The molecule has 37 heavy (non-hydrogen) atoms. The molecule has 2 aromatic rings. The van der Waals surface area contributed by atoms with Crippen molar-refractivity contribution in [1.29, 1.82) is 0 Å². The molecule has 0 unspecified atom stereocenters. The highest BCUT2D eigenvalue weighted by Crippen LogP contribution is 2.19. The molecule has 3 heteroatoms. The molecule has 0 fully saturated rings. The number of rotatable bonds is 15. The van der Waals surface area contributed by atoms with Crippen molar-refractivity contribution >= 4 is 5.57 Å². The molecule has 3 nitrogen and oxygen atoms in total. The van der Waals surface area contributed by atoms with Crippen molar-refractivity contribution in [3.63, 3.8) is 0 Å². The topological polar surface area (TPSA) is 18.5 Å². The second-order valence-electron chi connectivity index (χ2n) is 9.02. The first kappa shape index (κ1) is 29.1. The summed E-state index contributed by atoms with van der Waals surface area (Å²) in [5.74, 6) is 3.41. The molecular formula is C34H41N3. The van der Waals surface area contributed by atoms with Gasteiger partial charge < -0.3 is 15.1 Å². The average Bonchev–Trinajstić information content (AvgIpc) is 2.91. The average molecular weight is 492 g/mol. The number of allylic oxidation sites excluding steroid dienone is 7. The van der Waals surface area contributed by atoms with E-state index >= 15 is 0 Å². The Morgan fingerprint density at radius 2 is 1.68 bits per heavy atom. The molecule has 0 aliphatic heterocycles. The van der Waals surface area contributed by atoms with Crippen molar-refractivity contribution in [2.24, 2.45) is 0 Å². The molecule has 0 atom stereocenters. The lowest BCUT2D eigenvalue weighted by Crippen LogP contribution is -2.33. The maximum atomic E-state index is 5.36. The Hall–Kier alpha value is -4.16. The van der Waals surface area contributed by atoms with Crippen LogP contribution in [0.3, 0.4) is 0 Å². The first-order valence-electron chi connectivity index (χ1n) is 12.8. The quantitative estimate of drug-likeness (QED) is 0.205. The van der Waals surface area contributed by atoms with E-state index in [9.17, 15) is 0 Å². The normalized spacial score (nSPS) is 11.6. The zero-order chi connectivity index (χ0) is 27.0. The third-order valence-corrected chi connectivity index (χ3v) is 6.05. The van der Waals surface area contributed by atoms with Crippen molar-refractivity contribution < 1.29 is 0 Å². The van der Waals surface area contributed by atoms with Crippen molar-refractivity contribution in [2.45, 2.75) is 33.1 Å². The van der Waals surface area contributed by atoms with Gasteiger partial charge in [-0.25, -0.2) is 0 Å². The van der Waals surface area contributed by atoms with E-state index in [2.05, 4.69) is 90.2 Å². The number of nitrogens with one attached hydrogen (secondary N) is 1. The highest BCUT2D eigenvalue weighted by molar-refractivity contribution is 5.72. The molecule has 2 rings (SSSR count). The fourth-order valence-electron chi connectivity index (χ4n) is 3.82. The summed E-state index contributed by atoms with van der Waals surface area (Å²) in [6.07, 6.45) is 15.9. The Kier molecular flexibility index (Phi) is 12.4. The fraction of sp³-hybridized carbons (Fsp3) is 0.235. The van der Waals surface area contributed by atoms with Crippen LogP contribution < -0.4 is 5.32 Å². The third-order valence-electron chi connectivity index (χ3n) is 6.05. The Morgan fingerprint density at radius 1 is 1.03 bits per heavy atom. The Morgan fingerprint density at radius 3 is 2.30 bits per heavy atom. The van der Waals surface area contributed by atoms with Gasteiger partial charge in [0.2, 0.25) is 0 Å². The van der Waals surface area contributed by atoms with Crippen molar-refractivity contribution in [3.8, 4) is 12.3 Å². The van der Waals surface area contributed by atoms with Crippen molar-refractivity contribution in [1.82, 2.24) is 15.1 Å². The summed E-state index contributed by atoms with van der Waals surface area (Å²) in [6.45, 7) is 18.9. The number of hydrogen-bond donors (Lipinski definition) is 1. The lowest BCUT2D eigenvalue weighted by Gasteiger charge is -2.30. The second kappa shape index (κ2) is 15.8. The van der Waals surface area contributed by atoms with Crippen LogP contribution in [0.4, 0.5) is 0 Å². The van der Waals surface area contributed by atoms with Crippen LogP contribution in [0.15, 0.2) is 128 Å². The molecule has 0 aromatic heterocycles. The van der Waals surface area contributed by atoms with E-state index in [1.165, 1.54) is 5.56 Å². The van der Waals surface area contributed by atoms with Gasteiger partial charge in [-0.15, -0.1) is 6.42 Å². The van der Waals surface area contributed by atoms with Crippen molar-refractivity contribution in [2.75, 3.05) is 20.1 Å². The van der Waals surface area contributed by atoms with E-state index in [4.69, 9.17) is 6.42 Å². The molecule has 2 aromatic carbocycles. The summed E-state index contributed by atoms with van der Waals surface area (Å²) in [5, 5.41) is 3.55. The molecule has 1 N–H and O–H groups in total. The molecule has 0 radical (unpaired) electrons. The predicted molar refractivity (Wildman–Crippen MR) is 161 cm³/mol. The number of hydrogen-bond acceptors (Lipinski definition) is 3. The van der Waals surface area contributed by atoms with Gasteiger partial charge in [0.15, 0.2) is 0 Å². The number of aryl methyl sites for hydroxylation is 1. The summed E-state index contributed by atoms with van der Waals surface area (Å²) in [4.78, 5) is 4.40. The minimum absolute atomic E-state index is 0.671. The van der Waals surface area contributed by atoms with Gasteiger partial charge in [-0.3, -0.25) is 0 Å². The van der Waals surface area contributed by atoms with E-state index in [1.807, 2.05) is 50.4 Å². The highest BCUT2D eigenvalue weighted by atomic mass is 15.2. The van der Waals surface area contributed by atoms with Gasteiger partial charge in [-0.2, -0.15) is 0 Å². The SMILES string of the molecule is C#C/C=C\C=C(/C)N(C)/C(=C\C(=C)c1ccccc1)NC(=C)CN(CCC)C(=C)CCc1ccccc1. The summed E-state index contributed by atoms with van der Waals surface area (Å²) in [7, 11) is 2.02. The first-order valence-corrected chi connectivity index (χ1v) is 12.8. The molecular weight excluding hydrogens is 450 g/mol. The smallest absolute Gasteiger partial charge is 0.110 e. The Balaban J connectivity index is 2.19. The molecule has 0 bridgehead atoms. The highest BCUT2D eigenvalue weighted by Gasteiger charge is 2.13. The van der Waals surface area contributed by atoms with Crippen LogP contribution in [-0.2, 0) is 6.42 Å². The van der Waals surface area contributed by atoms with Crippen LogP contribution in [-0.4, -0.2) is 29.9 Å². The van der Waals surface area contributed by atoms with Crippen LogP contribution in [0.2, 0.25) is 0 Å². The minimum Gasteiger partial charge on any atom is -0.370 e. The maximum Gasteiger partial charge on any atom is 0.110 e. The van der Waals surface area contributed by atoms with E-state index in [0.717, 1.165) is 59.9 Å². The minimum atomic E-state index is 0.671. The van der Waals surface area contributed by atoms with Gasteiger partial charge in [-0.1, -0.05) is 99.3 Å². The molecule has 0 saturated carbocycles. The van der Waals surface area contributed by atoms with Gasteiger partial charge >= 0.3 is 0 Å². The molecule has 0 spiro atoms. The largest absolute Gasteiger partial charge is 0.370 e. The molecule has 0 saturated heterocycles. The van der Waals surface area contributed by atoms with Crippen molar-refractivity contribution in [3.05, 3.63) is 139 Å². The molecule has 0 heterocycles. The van der Waals surface area contributed by atoms with Gasteiger partial charge in [0.1, 0.15) is 5.82 Å². The van der Waals surface area contributed by atoms with E-state index in [1.54, 1.807) is 6.08 Å². The van der Waals surface area contributed by atoms with Crippen LogP contribution in [0, 0.1) is 12.3 Å². The summed E-state index contributed by atoms with van der Waals surface area (Å²) >= 11 is 0. The zero-order valence-corrected chi connectivity index (χ0v) is 22.7. The van der Waals surface area contributed by atoms with E-state index in [0.29, 0.717) is 6.54 Å². The van der Waals surface area contributed by atoms with Gasteiger partial charge in [0.25, 0.3) is 0 Å². The number of terminal acetylenes is 1. The summed E-state index contributed by atoms with van der Waals surface area (Å²) in [6, 6.07) is 20.7. The number of benzene rings is 2.